The van der Waals surface area contributed by atoms with E-state index in [1.165, 1.54) is 18.2 Å². The van der Waals surface area contributed by atoms with Crippen LogP contribution in [-0.2, 0) is 9.53 Å². The number of imide groups is 1. The molecule has 8 heteroatoms. The Morgan fingerprint density at radius 2 is 1.77 bits per heavy atom. The lowest BCUT2D eigenvalue weighted by atomic mass is 10.2. The van der Waals surface area contributed by atoms with Gasteiger partial charge >= 0.3 is 12.0 Å². The second kappa shape index (κ2) is 8.60. The minimum absolute atomic E-state index is 0.0658. The summed E-state index contributed by atoms with van der Waals surface area (Å²) >= 11 is 11.5. The zero-order chi connectivity index (χ0) is 16.7. The fraction of sp³-hybridized carbons (Fsp3) is 0.357. The molecule has 0 saturated heterocycles. The van der Waals surface area contributed by atoms with Gasteiger partial charge in [-0.15, -0.1) is 0 Å². The quantitative estimate of drug-likeness (QED) is 0.802. The van der Waals surface area contributed by atoms with E-state index in [1.54, 1.807) is 6.92 Å². The van der Waals surface area contributed by atoms with E-state index in [9.17, 15) is 14.4 Å². The van der Waals surface area contributed by atoms with Crippen molar-refractivity contribution >= 4 is 41.1 Å². The van der Waals surface area contributed by atoms with Crippen LogP contribution in [0.3, 0.4) is 0 Å². The smallest absolute Gasteiger partial charge is 0.338 e. The monoisotopic (exact) mass is 346 g/mol. The SMILES string of the molecule is CC[C@H](C)NC(=O)NC(=O)COC(=O)c1cc(Cl)cc(Cl)c1. The lowest BCUT2D eigenvalue weighted by molar-refractivity contribution is -0.123. The van der Waals surface area contributed by atoms with E-state index in [1.807, 2.05) is 6.92 Å². The van der Waals surface area contributed by atoms with Crippen LogP contribution in [-0.4, -0.2) is 30.6 Å². The van der Waals surface area contributed by atoms with E-state index in [-0.39, 0.29) is 21.7 Å². The Labute approximate surface area is 138 Å². The van der Waals surface area contributed by atoms with Crippen molar-refractivity contribution in [2.45, 2.75) is 26.3 Å². The van der Waals surface area contributed by atoms with Crippen molar-refractivity contribution in [3.05, 3.63) is 33.8 Å². The molecule has 1 atom stereocenters. The van der Waals surface area contributed by atoms with Gasteiger partial charge in [0.15, 0.2) is 6.61 Å². The van der Waals surface area contributed by atoms with Crippen molar-refractivity contribution in [1.29, 1.82) is 0 Å². The molecule has 0 heterocycles. The summed E-state index contributed by atoms with van der Waals surface area (Å²) in [6.45, 7) is 3.11. The Bertz CT molecular complexity index is 558. The van der Waals surface area contributed by atoms with E-state index in [4.69, 9.17) is 27.9 Å². The number of rotatable bonds is 5. The number of amides is 3. The molecule has 0 unspecified atom stereocenters. The molecule has 6 nitrogen and oxygen atoms in total. The molecule has 0 bridgehead atoms. The van der Waals surface area contributed by atoms with Gasteiger partial charge in [0, 0.05) is 16.1 Å². The molecule has 1 rings (SSSR count). The molecule has 1 aromatic carbocycles. The van der Waals surface area contributed by atoms with Gasteiger partial charge < -0.3 is 10.1 Å². The number of esters is 1. The van der Waals surface area contributed by atoms with Crippen molar-refractivity contribution in [3.63, 3.8) is 0 Å². The van der Waals surface area contributed by atoms with Crippen molar-refractivity contribution in [2.24, 2.45) is 0 Å². The van der Waals surface area contributed by atoms with Crippen LogP contribution < -0.4 is 10.6 Å². The van der Waals surface area contributed by atoms with Gasteiger partial charge in [0.1, 0.15) is 0 Å². The van der Waals surface area contributed by atoms with Gasteiger partial charge in [0.2, 0.25) is 0 Å². The average molecular weight is 347 g/mol. The highest BCUT2D eigenvalue weighted by molar-refractivity contribution is 6.35. The third-order valence-electron chi connectivity index (χ3n) is 2.68. The van der Waals surface area contributed by atoms with Crippen LogP contribution in [0.5, 0.6) is 0 Å². The highest BCUT2D eigenvalue weighted by Gasteiger charge is 2.14. The summed E-state index contributed by atoms with van der Waals surface area (Å²) in [6, 6.07) is 3.49. The summed E-state index contributed by atoms with van der Waals surface area (Å²) in [5, 5.41) is 5.15. The number of carbonyl (C=O) groups is 3. The van der Waals surface area contributed by atoms with Crippen LogP contribution in [0.1, 0.15) is 30.6 Å². The van der Waals surface area contributed by atoms with Crippen molar-refractivity contribution < 1.29 is 19.1 Å². The molecule has 0 aliphatic rings. The molecular formula is C14H16Cl2N2O4. The van der Waals surface area contributed by atoms with Gasteiger partial charge in [-0.1, -0.05) is 30.1 Å². The Balaban J connectivity index is 2.46. The third kappa shape index (κ3) is 6.32. The second-order valence-corrected chi connectivity index (χ2v) is 5.44. The number of benzene rings is 1. The van der Waals surface area contributed by atoms with Crippen LogP contribution >= 0.6 is 23.2 Å². The maximum Gasteiger partial charge on any atom is 0.338 e. The van der Waals surface area contributed by atoms with E-state index in [0.717, 1.165) is 6.42 Å². The first-order valence-electron chi connectivity index (χ1n) is 6.55. The standard InChI is InChI=1S/C14H16Cl2N2O4/c1-3-8(2)17-14(21)18-12(19)7-22-13(20)9-4-10(15)6-11(16)5-9/h4-6,8H,3,7H2,1-2H3,(H2,17,18,19,21)/t8-/m0/s1. The van der Waals surface area contributed by atoms with Crippen LogP contribution in [0.2, 0.25) is 10.0 Å². The molecule has 0 aliphatic heterocycles. The molecule has 0 saturated carbocycles. The van der Waals surface area contributed by atoms with Crippen molar-refractivity contribution in [3.8, 4) is 0 Å². The van der Waals surface area contributed by atoms with Gasteiger partial charge in [-0.2, -0.15) is 0 Å². The first-order chi connectivity index (χ1) is 10.3. The summed E-state index contributed by atoms with van der Waals surface area (Å²) in [7, 11) is 0. The van der Waals surface area contributed by atoms with E-state index < -0.39 is 24.5 Å². The Morgan fingerprint density at radius 1 is 1.18 bits per heavy atom. The first kappa shape index (κ1) is 18.3. The molecule has 2 N–H and O–H groups in total. The molecule has 3 amide bonds. The minimum Gasteiger partial charge on any atom is -0.452 e. The highest BCUT2D eigenvalue weighted by Crippen LogP contribution is 2.19. The largest absolute Gasteiger partial charge is 0.452 e. The minimum atomic E-state index is -0.762. The molecule has 0 fully saturated rings. The number of halogens is 2. The lowest BCUT2D eigenvalue weighted by Crippen LogP contribution is -2.44. The van der Waals surface area contributed by atoms with Crippen molar-refractivity contribution in [1.82, 2.24) is 10.6 Å². The summed E-state index contributed by atoms with van der Waals surface area (Å²) in [4.78, 5) is 34.6. The van der Waals surface area contributed by atoms with Crippen LogP contribution in [0.25, 0.3) is 0 Å². The lowest BCUT2D eigenvalue weighted by Gasteiger charge is -2.11. The normalized spacial score (nSPS) is 11.5. The Kier molecular flexibility index (Phi) is 7.14. The van der Waals surface area contributed by atoms with Gasteiger partial charge in [-0.25, -0.2) is 9.59 Å². The van der Waals surface area contributed by atoms with Gasteiger partial charge in [0.25, 0.3) is 5.91 Å². The Hall–Kier alpha value is -1.79. The van der Waals surface area contributed by atoms with Gasteiger partial charge in [-0.05, 0) is 31.5 Å². The molecule has 0 spiro atoms. The first-order valence-corrected chi connectivity index (χ1v) is 7.31. The molecule has 120 valence electrons. The average Bonchev–Trinajstić information content (AvgIpc) is 2.43. The van der Waals surface area contributed by atoms with Crippen molar-refractivity contribution in [2.75, 3.05) is 6.61 Å². The highest BCUT2D eigenvalue weighted by atomic mass is 35.5. The van der Waals surface area contributed by atoms with Crippen LogP contribution in [0.4, 0.5) is 4.79 Å². The molecule has 0 aromatic heterocycles. The Morgan fingerprint density at radius 3 is 2.32 bits per heavy atom. The second-order valence-electron chi connectivity index (χ2n) is 4.57. The number of ether oxygens (including phenoxy) is 1. The molecular weight excluding hydrogens is 331 g/mol. The fourth-order valence-corrected chi connectivity index (χ4v) is 1.94. The van der Waals surface area contributed by atoms with Gasteiger partial charge in [0.05, 0.1) is 5.56 Å². The summed E-state index contributed by atoms with van der Waals surface area (Å²) in [5.74, 6) is -1.50. The topological polar surface area (TPSA) is 84.5 Å². The number of urea groups is 1. The fourth-order valence-electron chi connectivity index (χ4n) is 1.41. The maximum atomic E-state index is 11.7. The van der Waals surface area contributed by atoms with Crippen LogP contribution in [0, 0.1) is 0 Å². The van der Waals surface area contributed by atoms with Gasteiger partial charge in [-0.3, -0.25) is 10.1 Å². The van der Waals surface area contributed by atoms with E-state index in [0.29, 0.717) is 0 Å². The molecule has 1 aromatic rings. The molecule has 0 radical (unpaired) electrons. The number of carbonyl (C=O) groups excluding carboxylic acids is 3. The number of hydrogen-bond acceptors (Lipinski definition) is 4. The third-order valence-corrected chi connectivity index (χ3v) is 3.11. The van der Waals surface area contributed by atoms with E-state index in [2.05, 4.69) is 10.6 Å². The molecule has 22 heavy (non-hydrogen) atoms. The summed E-state index contributed by atoms with van der Waals surface area (Å²) in [5.41, 5.74) is 0.120. The predicted octanol–water partition coefficient (Wildman–Crippen LogP) is 2.77. The number of hydrogen-bond donors (Lipinski definition) is 2. The summed E-state index contributed by atoms with van der Waals surface area (Å²) < 4.78 is 4.78. The summed E-state index contributed by atoms with van der Waals surface area (Å²) in [6.07, 6.45) is 0.728. The zero-order valence-electron chi connectivity index (χ0n) is 12.1. The zero-order valence-corrected chi connectivity index (χ0v) is 13.6. The maximum absolute atomic E-state index is 11.7. The predicted molar refractivity (Wildman–Crippen MR) is 83.2 cm³/mol. The molecule has 0 aliphatic carbocycles. The number of nitrogens with one attached hydrogen (secondary N) is 2. The van der Waals surface area contributed by atoms with E-state index >= 15 is 0 Å². The van der Waals surface area contributed by atoms with Crippen LogP contribution in [0.15, 0.2) is 18.2 Å².